The van der Waals surface area contributed by atoms with Crippen LogP contribution >= 0.6 is 0 Å². The Morgan fingerprint density at radius 1 is 0.750 bits per heavy atom. The minimum atomic E-state index is -4.86. The lowest BCUT2D eigenvalue weighted by Crippen LogP contribution is -2.23. The van der Waals surface area contributed by atoms with Gasteiger partial charge in [0.2, 0.25) is 0 Å². The highest BCUT2D eigenvalue weighted by Crippen LogP contribution is 2.31. The van der Waals surface area contributed by atoms with Crippen LogP contribution in [-0.4, -0.2) is 18.1 Å². The molecule has 3 rings (SSSR count). The molecule has 0 amide bonds. The normalized spacial score (nSPS) is 11.0. The maximum Gasteiger partial charge on any atom is 0.422 e. The molecule has 0 bridgehead atoms. The van der Waals surface area contributed by atoms with Gasteiger partial charge in [0.1, 0.15) is 28.6 Å². The first-order valence-electron chi connectivity index (χ1n) is 9.21. The Morgan fingerprint density at radius 2 is 1.16 bits per heavy atom. The lowest BCUT2D eigenvalue weighted by atomic mass is 10.1. The van der Waals surface area contributed by atoms with Crippen molar-refractivity contribution in [3.8, 4) is 34.1 Å². The monoisotopic (exact) mass is 442 g/mol. The van der Waals surface area contributed by atoms with Gasteiger partial charge in [-0.25, -0.2) is 9.59 Å². The Hall–Kier alpha value is -4.07. The van der Waals surface area contributed by atoms with Crippen molar-refractivity contribution in [3.63, 3.8) is 0 Å². The lowest BCUT2D eigenvalue weighted by Gasteiger charge is -2.09. The van der Waals surface area contributed by atoms with Crippen LogP contribution in [0.25, 0.3) is 22.6 Å². The largest absolute Gasteiger partial charge is 0.456 e. The minimum absolute atomic E-state index is 0.0594. The number of rotatable bonds is 6. The molecular weight excluding hydrogens is 425 g/mol. The van der Waals surface area contributed by atoms with Gasteiger partial charge >= 0.3 is 18.1 Å². The quantitative estimate of drug-likeness (QED) is 0.261. The molecule has 0 radical (unpaired) electrons. The van der Waals surface area contributed by atoms with E-state index in [1.807, 2.05) is 0 Å². The number of esters is 2. The van der Waals surface area contributed by atoms with Crippen molar-refractivity contribution < 1.29 is 36.7 Å². The third-order valence-corrected chi connectivity index (χ3v) is 4.24. The summed E-state index contributed by atoms with van der Waals surface area (Å²) in [6.07, 6.45) is -4.86. The van der Waals surface area contributed by atoms with Crippen LogP contribution in [0.2, 0.25) is 0 Å². The van der Waals surface area contributed by atoms with Gasteiger partial charge in [-0.3, -0.25) is 0 Å². The van der Waals surface area contributed by atoms with E-state index in [1.165, 1.54) is 12.1 Å². The Balaban J connectivity index is 1.69. The average Bonchev–Trinajstić information content (AvgIpc) is 3.23. The fourth-order valence-electron chi connectivity index (χ4n) is 2.50. The summed E-state index contributed by atoms with van der Waals surface area (Å²) in [5.74, 6) is -0.731. The fraction of sp³-hybridized carbons (Fsp3) is 0.0833. The molecule has 5 nitrogen and oxygen atoms in total. The predicted molar refractivity (Wildman–Crippen MR) is 111 cm³/mol. The van der Waals surface area contributed by atoms with Crippen LogP contribution in [0.1, 0.15) is 6.92 Å². The van der Waals surface area contributed by atoms with E-state index in [0.717, 1.165) is 5.56 Å². The van der Waals surface area contributed by atoms with E-state index in [-0.39, 0.29) is 11.3 Å². The van der Waals surface area contributed by atoms with Gasteiger partial charge in [0.15, 0.2) is 0 Å². The highest BCUT2D eigenvalue weighted by Gasteiger charge is 2.38. The van der Waals surface area contributed by atoms with Crippen molar-refractivity contribution in [2.24, 2.45) is 0 Å². The van der Waals surface area contributed by atoms with Gasteiger partial charge in [-0.2, -0.15) is 13.2 Å². The molecule has 8 heteroatoms. The van der Waals surface area contributed by atoms with E-state index in [0.29, 0.717) is 22.8 Å². The number of alkyl halides is 3. The third kappa shape index (κ3) is 5.34. The molecule has 2 aromatic carbocycles. The van der Waals surface area contributed by atoms with Gasteiger partial charge in [-0.05, 0) is 67.6 Å². The highest BCUT2D eigenvalue weighted by atomic mass is 19.4. The second kappa shape index (κ2) is 8.97. The first-order chi connectivity index (χ1) is 15.0. The number of hydrogen-bond donors (Lipinski definition) is 0. The molecule has 0 spiro atoms. The summed E-state index contributed by atoms with van der Waals surface area (Å²) < 4.78 is 53.2. The Bertz CT molecular complexity index is 1170. The zero-order valence-electron chi connectivity index (χ0n) is 16.9. The Labute approximate surface area is 181 Å². The zero-order chi connectivity index (χ0) is 23.5. The Morgan fingerprint density at radius 3 is 1.53 bits per heavy atom. The van der Waals surface area contributed by atoms with Crippen LogP contribution in [0.5, 0.6) is 11.5 Å². The van der Waals surface area contributed by atoms with Crippen LogP contribution in [-0.2, 0) is 9.59 Å². The topological polar surface area (TPSA) is 65.7 Å². The molecule has 0 N–H and O–H groups in total. The lowest BCUT2D eigenvalue weighted by molar-refractivity contribution is -0.142. The van der Waals surface area contributed by atoms with E-state index >= 15 is 0 Å². The van der Waals surface area contributed by atoms with Crippen LogP contribution in [0.3, 0.4) is 0 Å². The number of hydrogen-bond acceptors (Lipinski definition) is 5. The summed E-state index contributed by atoms with van der Waals surface area (Å²) in [7, 11) is 0. The highest BCUT2D eigenvalue weighted by molar-refractivity contribution is 5.91. The molecule has 0 saturated heterocycles. The van der Waals surface area contributed by atoms with E-state index in [1.54, 1.807) is 55.5 Å². The van der Waals surface area contributed by atoms with Gasteiger partial charge in [-0.15, -0.1) is 0 Å². The molecule has 32 heavy (non-hydrogen) atoms. The van der Waals surface area contributed by atoms with Crippen molar-refractivity contribution in [3.05, 3.63) is 85.0 Å². The molecule has 1 heterocycles. The average molecular weight is 442 g/mol. The molecule has 164 valence electrons. The summed E-state index contributed by atoms with van der Waals surface area (Å²) in [6.45, 7) is 7.78. The van der Waals surface area contributed by atoms with E-state index in [2.05, 4.69) is 13.2 Å². The van der Waals surface area contributed by atoms with E-state index in [4.69, 9.17) is 13.9 Å². The van der Waals surface area contributed by atoms with Gasteiger partial charge in [0.25, 0.3) is 0 Å². The number of carbonyl (C=O) groups is 2. The maximum absolute atomic E-state index is 12.5. The Kier molecular flexibility index (Phi) is 6.34. The predicted octanol–water partition coefficient (Wildman–Crippen LogP) is 6.12. The van der Waals surface area contributed by atoms with Crippen molar-refractivity contribution in [2.45, 2.75) is 13.1 Å². The summed E-state index contributed by atoms with van der Waals surface area (Å²) in [5, 5.41) is 0. The van der Waals surface area contributed by atoms with Gasteiger partial charge < -0.3 is 13.9 Å². The molecular formula is C24H17F3O5. The van der Waals surface area contributed by atoms with Gasteiger partial charge in [0.05, 0.1) is 0 Å². The smallest absolute Gasteiger partial charge is 0.422 e. The van der Waals surface area contributed by atoms with Crippen LogP contribution in [0, 0.1) is 0 Å². The molecule has 0 aliphatic carbocycles. The standard InChI is InChI=1S/C24H17F3O5/c1-14(2)22(28)30-18-8-4-16(5-9-18)20-12-13-21(32-20)17-6-10-19(11-7-17)31-23(29)15(3)24(25,26)27/h4-13H,1,3H2,2H3. The summed E-state index contributed by atoms with van der Waals surface area (Å²) in [6, 6.07) is 15.9. The number of carbonyl (C=O) groups excluding carboxylic acids is 2. The van der Waals surface area contributed by atoms with E-state index in [9.17, 15) is 22.8 Å². The van der Waals surface area contributed by atoms with Crippen molar-refractivity contribution >= 4 is 11.9 Å². The first-order valence-corrected chi connectivity index (χ1v) is 9.21. The third-order valence-electron chi connectivity index (χ3n) is 4.24. The van der Waals surface area contributed by atoms with Crippen LogP contribution < -0.4 is 9.47 Å². The van der Waals surface area contributed by atoms with Crippen molar-refractivity contribution in [2.75, 3.05) is 0 Å². The molecule has 0 atom stereocenters. The molecule has 0 fully saturated rings. The molecule has 0 aliphatic heterocycles. The molecule has 0 saturated carbocycles. The second-order valence-corrected chi connectivity index (χ2v) is 6.75. The zero-order valence-corrected chi connectivity index (χ0v) is 16.9. The van der Waals surface area contributed by atoms with Gasteiger partial charge in [-0.1, -0.05) is 13.2 Å². The van der Waals surface area contributed by atoms with E-state index < -0.39 is 23.7 Å². The number of halogens is 3. The first kappa shape index (κ1) is 22.6. The summed E-state index contributed by atoms with van der Waals surface area (Å²) in [5.41, 5.74) is 0.0637. The second-order valence-electron chi connectivity index (χ2n) is 6.75. The molecule has 1 aromatic heterocycles. The maximum atomic E-state index is 12.5. The van der Waals surface area contributed by atoms with Crippen LogP contribution in [0.4, 0.5) is 13.2 Å². The van der Waals surface area contributed by atoms with Crippen molar-refractivity contribution in [1.29, 1.82) is 0 Å². The summed E-state index contributed by atoms with van der Waals surface area (Å²) >= 11 is 0. The van der Waals surface area contributed by atoms with Crippen LogP contribution in [0.15, 0.2) is 89.4 Å². The summed E-state index contributed by atoms with van der Waals surface area (Å²) in [4.78, 5) is 23.1. The fourth-order valence-corrected chi connectivity index (χ4v) is 2.50. The SMILES string of the molecule is C=C(C)C(=O)Oc1ccc(-c2ccc(-c3ccc(OC(=O)C(=C)C(F)(F)F)cc3)o2)cc1. The minimum Gasteiger partial charge on any atom is -0.456 e. The molecule has 0 aliphatic rings. The molecule has 3 aromatic rings. The number of benzene rings is 2. The molecule has 0 unspecified atom stereocenters. The van der Waals surface area contributed by atoms with Crippen molar-refractivity contribution in [1.82, 2.24) is 0 Å². The number of furan rings is 1. The van der Waals surface area contributed by atoms with Gasteiger partial charge in [0, 0.05) is 16.7 Å². The number of ether oxygens (including phenoxy) is 2.